The number of nitrogens with zero attached hydrogens (tertiary/aromatic N) is 3. The molecule has 0 bridgehead atoms. The Balaban J connectivity index is 1.81. The Kier molecular flexibility index (Phi) is 3.11. The number of hydrogen-bond acceptors (Lipinski definition) is 3. The number of nitrogens with two attached hydrogens (primary N) is 1. The molecule has 1 aliphatic rings. The summed E-state index contributed by atoms with van der Waals surface area (Å²) in [7, 11) is 0. The second-order valence-electron chi connectivity index (χ2n) is 4.92. The molecule has 0 aliphatic heterocycles. The first kappa shape index (κ1) is 11.4. The Morgan fingerprint density at radius 3 is 3.06 bits per heavy atom. The average Bonchev–Trinajstić information content (AvgIpc) is 2.87. The number of aromatic nitrogens is 3. The van der Waals surface area contributed by atoms with E-state index in [9.17, 15) is 0 Å². The molecule has 1 atom stereocenters. The van der Waals surface area contributed by atoms with Gasteiger partial charge in [-0.05, 0) is 30.4 Å². The third-order valence-corrected chi connectivity index (χ3v) is 3.70. The minimum Gasteiger partial charge on any atom is -0.325 e. The molecule has 0 saturated carbocycles. The van der Waals surface area contributed by atoms with Crippen LogP contribution in [0, 0.1) is 0 Å². The van der Waals surface area contributed by atoms with Gasteiger partial charge in [-0.1, -0.05) is 29.5 Å². The second-order valence-corrected chi connectivity index (χ2v) is 4.92. The SMILES string of the molecule is NCc1cn(CC2CCCc3ccccc32)nn1. The van der Waals surface area contributed by atoms with Gasteiger partial charge in [0.1, 0.15) is 0 Å². The molecule has 1 aromatic carbocycles. The largest absolute Gasteiger partial charge is 0.325 e. The summed E-state index contributed by atoms with van der Waals surface area (Å²) in [5.41, 5.74) is 9.39. The Morgan fingerprint density at radius 1 is 1.33 bits per heavy atom. The van der Waals surface area contributed by atoms with Crippen molar-refractivity contribution in [3.05, 3.63) is 47.3 Å². The number of hydrogen-bond donors (Lipinski definition) is 1. The van der Waals surface area contributed by atoms with Crippen molar-refractivity contribution in [2.75, 3.05) is 0 Å². The molecule has 0 amide bonds. The van der Waals surface area contributed by atoms with Gasteiger partial charge in [0.15, 0.2) is 0 Å². The highest BCUT2D eigenvalue weighted by Gasteiger charge is 2.20. The Hall–Kier alpha value is -1.68. The fourth-order valence-electron chi connectivity index (χ4n) is 2.79. The van der Waals surface area contributed by atoms with Crippen LogP contribution in [0.3, 0.4) is 0 Å². The molecule has 2 aromatic rings. The molecule has 0 fully saturated rings. The summed E-state index contributed by atoms with van der Waals surface area (Å²) in [4.78, 5) is 0. The number of aryl methyl sites for hydroxylation is 1. The number of rotatable bonds is 3. The van der Waals surface area contributed by atoms with Gasteiger partial charge in [0.25, 0.3) is 0 Å². The molecule has 0 radical (unpaired) electrons. The van der Waals surface area contributed by atoms with Crippen molar-refractivity contribution in [1.29, 1.82) is 0 Å². The second kappa shape index (κ2) is 4.90. The van der Waals surface area contributed by atoms with Gasteiger partial charge in [-0.25, -0.2) is 0 Å². The van der Waals surface area contributed by atoms with Crippen molar-refractivity contribution in [3.63, 3.8) is 0 Å². The third-order valence-electron chi connectivity index (χ3n) is 3.70. The summed E-state index contributed by atoms with van der Waals surface area (Å²) in [6.45, 7) is 1.37. The van der Waals surface area contributed by atoms with Crippen LogP contribution in [0.2, 0.25) is 0 Å². The molecule has 0 spiro atoms. The van der Waals surface area contributed by atoms with Gasteiger partial charge in [0, 0.05) is 25.2 Å². The first-order valence-electron chi connectivity index (χ1n) is 6.53. The average molecular weight is 242 g/mol. The Labute approximate surface area is 107 Å². The van der Waals surface area contributed by atoms with Crippen molar-refractivity contribution in [3.8, 4) is 0 Å². The zero-order chi connectivity index (χ0) is 12.4. The van der Waals surface area contributed by atoms with Crippen molar-refractivity contribution in [2.24, 2.45) is 5.73 Å². The molecule has 0 saturated heterocycles. The van der Waals surface area contributed by atoms with Crippen molar-refractivity contribution in [1.82, 2.24) is 15.0 Å². The molecule has 4 heteroatoms. The normalized spacial score (nSPS) is 18.6. The quantitative estimate of drug-likeness (QED) is 0.893. The van der Waals surface area contributed by atoms with E-state index in [0.717, 1.165) is 12.2 Å². The van der Waals surface area contributed by atoms with E-state index in [1.165, 1.54) is 30.4 Å². The number of fused-ring (bicyclic) bond motifs is 1. The molecule has 18 heavy (non-hydrogen) atoms. The fourth-order valence-corrected chi connectivity index (χ4v) is 2.79. The molecule has 2 N–H and O–H groups in total. The minimum atomic E-state index is 0.460. The first-order valence-corrected chi connectivity index (χ1v) is 6.53. The predicted molar refractivity (Wildman–Crippen MR) is 70.0 cm³/mol. The predicted octanol–water partition coefficient (Wildman–Crippen LogP) is 1.86. The summed E-state index contributed by atoms with van der Waals surface area (Å²) >= 11 is 0. The molecule has 94 valence electrons. The van der Waals surface area contributed by atoms with Crippen LogP contribution >= 0.6 is 0 Å². The van der Waals surface area contributed by atoms with E-state index in [0.29, 0.717) is 12.5 Å². The number of benzene rings is 1. The first-order chi connectivity index (χ1) is 8.86. The smallest absolute Gasteiger partial charge is 0.0962 e. The highest BCUT2D eigenvalue weighted by Crippen LogP contribution is 2.32. The molecule has 1 heterocycles. The van der Waals surface area contributed by atoms with Crippen LogP contribution in [0.25, 0.3) is 0 Å². The lowest BCUT2D eigenvalue weighted by Gasteiger charge is -2.25. The summed E-state index contributed by atoms with van der Waals surface area (Å²) < 4.78 is 1.93. The highest BCUT2D eigenvalue weighted by molar-refractivity contribution is 5.32. The highest BCUT2D eigenvalue weighted by atomic mass is 15.4. The van der Waals surface area contributed by atoms with E-state index in [1.807, 2.05) is 10.9 Å². The summed E-state index contributed by atoms with van der Waals surface area (Å²) in [5, 5.41) is 8.18. The van der Waals surface area contributed by atoms with Gasteiger partial charge in [-0.15, -0.1) is 5.10 Å². The van der Waals surface area contributed by atoms with Crippen LogP contribution in [-0.2, 0) is 19.5 Å². The molecule has 3 rings (SSSR count). The van der Waals surface area contributed by atoms with E-state index in [2.05, 4.69) is 34.6 Å². The standard InChI is InChI=1S/C14H18N4/c15-8-13-10-18(17-16-13)9-12-6-3-5-11-4-1-2-7-14(11)12/h1-2,4,7,10,12H,3,5-6,8-9,15H2. The molecule has 4 nitrogen and oxygen atoms in total. The molecular weight excluding hydrogens is 224 g/mol. The topological polar surface area (TPSA) is 56.7 Å². The summed E-state index contributed by atoms with van der Waals surface area (Å²) in [5.74, 6) is 0.558. The van der Waals surface area contributed by atoms with Crippen LogP contribution in [0.4, 0.5) is 0 Å². The molecule has 1 aliphatic carbocycles. The van der Waals surface area contributed by atoms with Gasteiger partial charge >= 0.3 is 0 Å². The Bertz CT molecular complexity index is 532. The summed E-state index contributed by atoms with van der Waals surface area (Å²) in [6, 6.07) is 8.75. The third kappa shape index (κ3) is 2.16. The van der Waals surface area contributed by atoms with Crippen molar-refractivity contribution >= 4 is 0 Å². The van der Waals surface area contributed by atoms with Crippen LogP contribution < -0.4 is 5.73 Å². The maximum atomic E-state index is 5.56. The molecular formula is C14H18N4. The van der Waals surface area contributed by atoms with Crippen molar-refractivity contribution in [2.45, 2.75) is 38.3 Å². The monoisotopic (exact) mass is 242 g/mol. The minimum absolute atomic E-state index is 0.460. The van der Waals surface area contributed by atoms with E-state index < -0.39 is 0 Å². The Morgan fingerprint density at radius 2 is 2.22 bits per heavy atom. The zero-order valence-electron chi connectivity index (χ0n) is 10.4. The fraction of sp³-hybridized carbons (Fsp3) is 0.429. The van der Waals surface area contributed by atoms with Gasteiger partial charge < -0.3 is 5.73 Å². The molecule has 1 aromatic heterocycles. The maximum absolute atomic E-state index is 5.56. The van der Waals surface area contributed by atoms with Crippen LogP contribution in [0.15, 0.2) is 30.5 Å². The summed E-state index contributed by atoms with van der Waals surface area (Å²) in [6.07, 6.45) is 5.66. The van der Waals surface area contributed by atoms with E-state index >= 15 is 0 Å². The lowest BCUT2D eigenvalue weighted by atomic mass is 9.83. The van der Waals surface area contributed by atoms with Crippen LogP contribution in [0.5, 0.6) is 0 Å². The van der Waals surface area contributed by atoms with E-state index in [-0.39, 0.29) is 0 Å². The van der Waals surface area contributed by atoms with E-state index in [4.69, 9.17) is 5.73 Å². The van der Waals surface area contributed by atoms with Crippen molar-refractivity contribution < 1.29 is 0 Å². The van der Waals surface area contributed by atoms with Gasteiger partial charge in [0.05, 0.1) is 5.69 Å². The van der Waals surface area contributed by atoms with Gasteiger partial charge in [-0.2, -0.15) is 0 Å². The maximum Gasteiger partial charge on any atom is 0.0962 e. The lowest BCUT2D eigenvalue weighted by molar-refractivity contribution is 0.449. The van der Waals surface area contributed by atoms with Gasteiger partial charge in [0.2, 0.25) is 0 Å². The zero-order valence-corrected chi connectivity index (χ0v) is 10.4. The molecule has 1 unspecified atom stereocenters. The van der Waals surface area contributed by atoms with Crippen LogP contribution in [-0.4, -0.2) is 15.0 Å². The van der Waals surface area contributed by atoms with E-state index in [1.54, 1.807) is 0 Å². The van der Waals surface area contributed by atoms with Gasteiger partial charge in [-0.3, -0.25) is 4.68 Å². The lowest BCUT2D eigenvalue weighted by Crippen LogP contribution is -2.16. The van der Waals surface area contributed by atoms with Crippen LogP contribution in [0.1, 0.15) is 35.6 Å².